The van der Waals surface area contributed by atoms with Gasteiger partial charge in [0.1, 0.15) is 5.70 Å². The number of amides is 1. The molecule has 0 saturated carbocycles. The average molecular weight is 342 g/mol. The van der Waals surface area contributed by atoms with Gasteiger partial charge in [-0.05, 0) is 37.0 Å². The molecule has 1 aromatic rings. The summed E-state index contributed by atoms with van der Waals surface area (Å²) in [6, 6.07) is 6.62. The van der Waals surface area contributed by atoms with E-state index in [0.717, 1.165) is 38.3 Å². The number of allylic oxidation sites excluding steroid dienone is 1. The van der Waals surface area contributed by atoms with Crippen LogP contribution in [-0.2, 0) is 11.3 Å². The van der Waals surface area contributed by atoms with Crippen molar-refractivity contribution in [2.45, 2.75) is 33.7 Å². The van der Waals surface area contributed by atoms with Gasteiger partial charge in [-0.3, -0.25) is 9.69 Å². The summed E-state index contributed by atoms with van der Waals surface area (Å²) in [7, 11) is 1.65. The normalized spacial score (nSPS) is 16.4. The maximum Gasteiger partial charge on any atom is 0.267 e. The first-order valence-corrected chi connectivity index (χ1v) is 8.99. The fraction of sp³-hybridized carbons (Fsp3) is 0.500. The van der Waals surface area contributed by atoms with Crippen molar-refractivity contribution in [3.63, 3.8) is 0 Å². The first-order chi connectivity index (χ1) is 12.0. The molecule has 0 aromatic heterocycles. The molecule has 0 spiro atoms. The van der Waals surface area contributed by atoms with Crippen LogP contribution in [0.5, 0.6) is 0 Å². The summed E-state index contributed by atoms with van der Waals surface area (Å²) in [5.74, 6) is -0.0943. The maximum atomic E-state index is 12.3. The number of aryl methyl sites for hydroxylation is 2. The lowest BCUT2D eigenvalue weighted by Crippen LogP contribution is -2.48. The van der Waals surface area contributed by atoms with Gasteiger partial charge in [0.25, 0.3) is 5.91 Å². The minimum absolute atomic E-state index is 0.0943. The highest BCUT2D eigenvalue weighted by Crippen LogP contribution is 2.18. The van der Waals surface area contributed by atoms with Crippen LogP contribution in [0.1, 0.15) is 30.0 Å². The van der Waals surface area contributed by atoms with Crippen LogP contribution in [0.3, 0.4) is 0 Å². The first kappa shape index (κ1) is 19.2. The monoisotopic (exact) mass is 342 g/mol. The van der Waals surface area contributed by atoms with E-state index in [1.807, 2.05) is 6.92 Å². The van der Waals surface area contributed by atoms with E-state index >= 15 is 0 Å². The third-order valence-corrected chi connectivity index (χ3v) is 4.88. The van der Waals surface area contributed by atoms with Crippen LogP contribution in [0.4, 0.5) is 0 Å². The topological polar surface area (TPSA) is 59.4 Å². The predicted octanol–water partition coefficient (Wildman–Crippen LogP) is 2.48. The van der Waals surface area contributed by atoms with Gasteiger partial charge in [0.15, 0.2) is 0 Å². The lowest BCUT2D eigenvalue weighted by atomic mass is 10.0. The lowest BCUT2D eigenvalue weighted by molar-refractivity contribution is -0.118. The van der Waals surface area contributed by atoms with E-state index in [9.17, 15) is 4.79 Å². The van der Waals surface area contributed by atoms with Gasteiger partial charge in [-0.2, -0.15) is 0 Å². The maximum absolute atomic E-state index is 12.3. The number of rotatable bonds is 6. The zero-order valence-electron chi connectivity index (χ0n) is 15.9. The summed E-state index contributed by atoms with van der Waals surface area (Å²) < 4.78 is 0. The van der Waals surface area contributed by atoms with Crippen molar-refractivity contribution in [1.82, 2.24) is 15.1 Å². The number of nitrogens with zero attached hydrogens (tertiary/aromatic N) is 2. The van der Waals surface area contributed by atoms with Crippen LogP contribution >= 0.6 is 0 Å². The molecule has 5 heteroatoms. The van der Waals surface area contributed by atoms with E-state index in [2.05, 4.69) is 47.2 Å². The number of hydrogen-bond donors (Lipinski definition) is 2. The van der Waals surface area contributed by atoms with Crippen LogP contribution in [0.2, 0.25) is 0 Å². The Bertz CT molecular complexity index is 658. The van der Waals surface area contributed by atoms with Crippen molar-refractivity contribution in [3.8, 4) is 0 Å². The molecule has 1 aromatic carbocycles. The van der Waals surface area contributed by atoms with Crippen LogP contribution in [0, 0.1) is 19.3 Å². The molecule has 1 aliphatic heterocycles. The Labute approximate surface area is 151 Å². The number of benzene rings is 1. The van der Waals surface area contributed by atoms with Crippen LogP contribution in [0.15, 0.2) is 29.5 Å². The Morgan fingerprint density at radius 1 is 1.24 bits per heavy atom. The zero-order valence-corrected chi connectivity index (χ0v) is 15.9. The van der Waals surface area contributed by atoms with Gasteiger partial charge in [0, 0.05) is 46.0 Å². The van der Waals surface area contributed by atoms with Crippen molar-refractivity contribution in [2.24, 2.45) is 0 Å². The molecule has 0 bridgehead atoms. The zero-order chi connectivity index (χ0) is 18.4. The van der Waals surface area contributed by atoms with Gasteiger partial charge in [-0.1, -0.05) is 30.7 Å². The van der Waals surface area contributed by atoms with E-state index in [4.69, 9.17) is 5.41 Å². The molecular weight excluding hydrogens is 312 g/mol. The molecule has 0 aliphatic carbocycles. The van der Waals surface area contributed by atoms with E-state index in [1.165, 1.54) is 22.9 Å². The molecule has 1 aliphatic rings. The largest absolute Gasteiger partial charge is 0.364 e. The SMILES string of the molecule is CC/C(C=N)=C(/C(=O)NC)N1CCN(Cc2ccc(C)cc2C)CC1. The molecule has 1 saturated heterocycles. The molecule has 1 amide bonds. The second kappa shape index (κ2) is 8.81. The molecule has 2 rings (SSSR count). The Hall–Kier alpha value is -2.14. The Morgan fingerprint density at radius 3 is 2.44 bits per heavy atom. The summed E-state index contributed by atoms with van der Waals surface area (Å²) in [5, 5.41) is 10.3. The molecule has 1 fully saturated rings. The molecule has 0 atom stereocenters. The highest BCUT2D eigenvalue weighted by atomic mass is 16.2. The van der Waals surface area contributed by atoms with Crippen LogP contribution in [-0.4, -0.2) is 55.1 Å². The highest BCUT2D eigenvalue weighted by Gasteiger charge is 2.24. The van der Waals surface area contributed by atoms with E-state index in [0.29, 0.717) is 12.1 Å². The minimum Gasteiger partial charge on any atom is -0.364 e. The number of carbonyl (C=O) groups excluding carboxylic acids is 1. The van der Waals surface area contributed by atoms with Gasteiger partial charge in [0.05, 0.1) is 0 Å². The van der Waals surface area contributed by atoms with Gasteiger partial charge < -0.3 is 15.6 Å². The van der Waals surface area contributed by atoms with Gasteiger partial charge in [0.2, 0.25) is 0 Å². The standard InChI is InChI=1S/C20H30N4O/c1-5-17(13-21)19(20(25)22-4)24-10-8-23(9-11-24)14-18-7-6-15(2)12-16(18)3/h6-7,12-13,21H,5,8-11,14H2,1-4H3,(H,22,25)/b19-17+,21-13?. The van der Waals surface area contributed by atoms with Gasteiger partial charge >= 0.3 is 0 Å². The Morgan fingerprint density at radius 2 is 1.92 bits per heavy atom. The number of hydrogen-bond acceptors (Lipinski definition) is 4. The number of carbonyl (C=O) groups is 1. The molecular formula is C20H30N4O. The van der Waals surface area contributed by atoms with E-state index < -0.39 is 0 Å². The lowest BCUT2D eigenvalue weighted by Gasteiger charge is -2.37. The molecule has 2 N–H and O–H groups in total. The first-order valence-electron chi connectivity index (χ1n) is 8.99. The number of nitrogens with one attached hydrogen (secondary N) is 2. The predicted molar refractivity (Wildman–Crippen MR) is 103 cm³/mol. The second-order valence-electron chi connectivity index (χ2n) is 6.64. The summed E-state index contributed by atoms with van der Waals surface area (Å²) in [4.78, 5) is 16.9. The Balaban J connectivity index is 2.05. The summed E-state index contributed by atoms with van der Waals surface area (Å²) in [6.45, 7) is 10.7. The smallest absolute Gasteiger partial charge is 0.267 e. The molecule has 136 valence electrons. The highest BCUT2D eigenvalue weighted by molar-refractivity contribution is 5.98. The molecule has 5 nitrogen and oxygen atoms in total. The third-order valence-electron chi connectivity index (χ3n) is 4.88. The summed E-state index contributed by atoms with van der Waals surface area (Å²) >= 11 is 0. The van der Waals surface area contributed by atoms with E-state index in [-0.39, 0.29) is 5.91 Å². The third kappa shape index (κ3) is 4.69. The Kier molecular flexibility index (Phi) is 6.76. The second-order valence-corrected chi connectivity index (χ2v) is 6.64. The minimum atomic E-state index is -0.0943. The molecule has 25 heavy (non-hydrogen) atoms. The van der Waals surface area contributed by atoms with Crippen molar-refractivity contribution in [1.29, 1.82) is 5.41 Å². The van der Waals surface area contributed by atoms with Gasteiger partial charge in [-0.25, -0.2) is 0 Å². The molecule has 1 heterocycles. The molecule has 0 unspecified atom stereocenters. The van der Waals surface area contributed by atoms with Crippen LogP contribution in [0.25, 0.3) is 0 Å². The van der Waals surface area contributed by atoms with Crippen molar-refractivity contribution in [3.05, 3.63) is 46.2 Å². The van der Waals surface area contributed by atoms with Crippen molar-refractivity contribution >= 4 is 12.1 Å². The molecule has 0 radical (unpaired) electrons. The number of likely N-dealkylation sites (N-methyl/N-ethyl adjacent to an activating group) is 1. The van der Waals surface area contributed by atoms with Crippen LogP contribution < -0.4 is 5.32 Å². The number of piperazine rings is 1. The van der Waals surface area contributed by atoms with Crippen molar-refractivity contribution in [2.75, 3.05) is 33.2 Å². The average Bonchev–Trinajstić information content (AvgIpc) is 2.62. The van der Waals surface area contributed by atoms with Gasteiger partial charge in [-0.15, -0.1) is 0 Å². The fourth-order valence-electron chi connectivity index (χ4n) is 3.34. The quantitative estimate of drug-likeness (QED) is 0.617. The van der Waals surface area contributed by atoms with E-state index in [1.54, 1.807) is 7.05 Å². The fourth-order valence-corrected chi connectivity index (χ4v) is 3.34. The summed E-state index contributed by atoms with van der Waals surface area (Å²) in [5.41, 5.74) is 5.46. The van der Waals surface area contributed by atoms with Crippen molar-refractivity contribution < 1.29 is 4.79 Å². The summed E-state index contributed by atoms with van der Waals surface area (Å²) in [6.07, 6.45) is 2.00.